The number of rotatable bonds is 4. The summed E-state index contributed by atoms with van der Waals surface area (Å²) in [6.07, 6.45) is 10.3. The van der Waals surface area contributed by atoms with Crippen LogP contribution < -0.4 is 5.32 Å². The molecule has 0 unspecified atom stereocenters. The minimum atomic E-state index is -0.613. The molecule has 2 amide bonds. The maximum atomic E-state index is 12.4. The summed E-state index contributed by atoms with van der Waals surface area (Å²) in [6.45, 7) is 3.93. The molecule has 0 spiro atoms. The standard InChI is InChI=1S/C15H20N6O2/c1-2-20-9-12(8-17-20)18-14(22)15(23)21-6-3-4-13(21)10-19-7-5-16-11-19/h5,7-9,11,13H,2-4,6,10H2,1H3,(H,18,22)/t13-/m0/s1. The first kappa shape index (κ1) is 15.3. The van der Waals surface area contributed by atoms with Crippen LogP contribution in [0.5, 0.6) is 0 Å². The first-order valence-corrected chi connectivity index (χ1v) is 7.77. The number of amides is 2. The van der Waals surface area contributed by atoms with Crippen molar-refractivity contribution in [1.29, 1.82) is 0 Å². The molecule has 3 heterocycles. The zero-order chi connectivity index (χ0) is 16.2. The maximum absolute atomic E-state index is 12.4. The van der Waals surface area contributed by atoms with Gasteiger partial charge in [-0.1, -0.05) is 0 Å². The Kier molecular flexibility index (Phi) is 4.40. The zero-order valence-corrected chi connectivity index (χ0v) is 13.1. The highest BCUT2D eigenvalue weighted by molar-refractivity contribution is 6.39. The normalized spacial score (nSPS) is 17.4. The van der Waals surface area contributed by atoms with Crippen LogP contribution in [0.25, 0.3) is 0 Å². The number of nitrogens with zero attached hydrogens (tertiary/aromatic N) is 5. The molecule has 122 valence electrons. The number of carbonyl (C=O) groups is 2. The molecule has 1 aliphatic rings. The molecule has 2 aromatic heterocycles. The quantitative estimate of drug-likeness (QED) is 0.843. The molecule has 0 aliphatic carbocycles. The highest BCUT2D eigenvalue weighted by Crippen LogP contribution is 2.19. The number of nitrogens with one attached hydrogen (secondary N) is 1. The lowest BCUT2D eigenvalue weighted by Gasteiger charge is -2.24. The van der Waals surface area contributed by atoms with Crippen molar-refractivity contribution >= 4 is 17.5 Å². The lowest BCUT2D eigenvalue weighted by atomic mass is 10.2. The molecule has 1 saturated heterocycles. The van der Waals surface area contributed by atoms with Gasteiger partial charge in [0.25, 0.3) is 0 Å². The van der Waals surface area contributed by atoms with Crippen LogP contribution in [0.2, 0.25) is 0 Å². The summed E-state index contributed by atoms with van der Waals surface area (Å²) in [4.78, 5) is 30.3. The van der Waals surface area contributed by atoms with Crippen LogP contribution in [0.3, 0.4) is 0 Å². The smallest absolute Gasteiger partial charge is 0.314 e. The topological polar surface area (TPSA) is 85.0 Å². The van der Waals surface area contributed by atoms with E-state index in [2.05, 4.69) is 15.4 Å². The SMILES string of the molecule is CCn1cc(NC(=O)C(=O)N2CCC[C@H]2Cn2ccnc2)cn1. The summed E-state index contributed by atoms with van der Waals surface area (Å²) in [6, 6.07) is 0.0285. The fourth-order valence-electron chi connectivity index (χ4n) is 2.85. The van der Waals surface area contributed by atoms with Gasteiger partial charge in [0.1, 0.15) is 0 Å². The van der Waals surface area contributed by atoms with Crippen molar-refractivity contribution in [3.8, 4) is 0 Å². The summed E-state index contributed by atoms with van der Waals surface area (Å²) < 4.78 is 3.62. The van der Waals surface area contributed by atoms with Crippen molar-refractivity contribution in [3.63, 3.8) is 0 Å². The molecule has 0 radical (unpaired) electrons. The second-order valence-corrected chi connectivity index (χ2v) is 5.59. The van der Waals surface area contributed by atoms with E-state index in [0.717, 1.165) is 12.8 Å². The molecule has 0 bridgehead atoms. The van der Waals surface area contributed by atoms with E-state index in [1.54, 1.807) is 34.5 Å². The van der Waals surface area contributed by atoms with Gasteiger partial charge in [0.15, 0.2) is 0 Å². The Hall–Kier alpha value is -2.64. The summed E-state index contributed by atoms with van der Waals surface area (Å²) in [5.74, 6) is -1.10. The van der Waals surface area contributed by atoms with Gasteiger partial charge in [-0.3, -0.25) is 14.3 Å². The van der Waals surface area contributed by atoms with Crippen molar-refractivity contribution in [3.05, 3.63) is 31.1 Å². The van der Waals surface area contributed by atoms with Crippen LogP contribution in [0, 0.1) is 0 Å². The van der Waals surface area contributed by atoms with Crippen LogP contribution in [0.15, 0.2) is 31.1 Å². The van der Waals surface area contributed by atoms with Gasteiger partial charge >= 0.3 is 11.8 Å². The number of imidazole rings is 1. The van der Waals surface area contributed by atoms with E-state index in [0.29, 0.717) is 25.3 Å². The molecule has 1 fully saturated rings. The monoisotopic (exact) mass is 316 g/mol. The van der Waals surface area contributed by atoms with Gasteiger partial charge in [0.2, 0.25) is 0 Å². The largest absolute Gasteiger partial charge is 0.335 e. The number of aromatic nitrogens is 4. The number of hydrogen-bond acceptors (Lipinski definition) is 4. The lowest BCUT2D eigenvalue weighted by molar-refractivity contribution is -0.143. The Bertz CT molecular complexity index is 678. The highest BCUT2D eigenvalue weighted by atomic mass is 16.2. The molecule has 2 aromatic rings. The molecule has 8 heteroatoms. The molecule has 0 saturated carbocycles. The first-order valence-electron chi connectivity index (χ1n) is 7.77. The Morgan fingerprint density at radius 1 is 1.43 bits per heavy atom. The Labute approximate surface area is 134 Å². The fourth-order valence-corrected chi connectivity index (χ4v) is 2.85. The van der Waals surface area contributed by atoms with Crippen molar-refractivity contribution in [2.45, 2.75) is 38.9 Å². The van der Waals surface area contributed by atoms with Gasteiger partial charge in [0.05, 0.1) is 24.3 Å². The molecule has 23 heavy (non-hydrogen) atoms. The molecule has 1 aliphatic heterocycles. The lowest BCUT2D eigenvalue weighted by Crippen LogP contribution is -2.44. The minimum Gasteiger partial charge on any atom is -0.335 e. The van der Waals surface area contributed by atoms with Gasteiger partial charge in [-0.2, -0.15) is 5.10 Å². The average molecular weight is 316 g/mol. The predicted molar refractivity (Wildman–Crippen MR) is 83.5 cm³/mol. The summed E-state index contributed by atoms with van der Waals surface area (Å²) in [5.41, 5.74) is 0.538. The Balaban J connectivity index is 1.62. The summed E-state index contributed by atoms with van der Waals surface area (Å²) in [5, 5.41) is 6.70. The Morgan fingerprint density at radius 3 is 3.00 bits per heavy atom. The number of anilines is 1. The highest BCUT2D eigenvalue weighted by Gasteiger charge is 2.32. The number of carbonyl (C=O) groups excluding carboxylic acids is 2. The predicted octanol–water partition coefficient (Wildman–Crippen LogP) is 0.729. The van der Waals surface area contributed by atoms with E-state index >= 15 is 0 Å². The van der Waals surface area contributed by atoms with Crippen molar-refractivity contribution in [2.75, 3.05) is 11.9 Å². The second-order valence-electron chi connectivity index (χ2n) is 5.59. The molecule has 1 N–H and O–H groups in total. The van der Waals surface area contributed by atoms with Gasteiger partial charge in [-0.15, -0.1) is 0 Å². The third-order valence-corrected chi connectivity index (χ3v) is 4.03. The van der Waals surface area contributed by atoms with Gasteiger partial charge < -0.3 is 14.8 Å². The van der Waals surface area contributed by atoms with Crippen LogP contribution in [0.1, 0.15) is 19.8 Å². The average Bonchev–Trinajstić information content (AvgIpc) is 3.28. The summed E-state index contributed by atoms with van der Waals surface area (Å²) in [7, 11) is 0. The number of aryl methyl sites for hydroxylation is 1. The van der Waals surface area contributed by atoms with Crippen LogP contribution in [-0.4, -0.2) is 48.6 Å². The zero-order valence-electron chi connectivity index (χ0n) is 13.1. The molecule has 3 rings (SSSR count). The van der Waals surface area contributed by atoms with Crippen molar-refractivity contribution < 1.29 is 9.59 Å². The first-order chi connectivity index (χ1) is 11.2. The van der Waals surface area contributed by atoms with E-state index in [4.69, 9.17) is 0 Å². The number of likely N-dealkylation sites (tertiary alicyclic amines) is 1. The van der Waals surface area contributed by atoms with Gasteiger partial charge in [-0.05, 0) is 19.8 Å². The maximum Gasteiger partial charge on any atom is 0.314 e. The van der Waals surface area contributed by atoms with Gasteiger partial charge in [-0.25, -0.2) is 4.98 Å². The van der Waals surface area contributed by atoms with E-state index in [1.807, 2.05) is 17.7 Å². The van der Waals surface area contributed by atoms with E-state index in [1.165, 1.54) is 0 Å². The van der Waals surface area contributed by atoms with E-state index in [9.17, 15) is 9.59 Å². The molecule has 8 nitrogen and oxygen atoms in total. The van der Waals surface area contributed by atoms with Crippen LogP contribution in [0.4, 0.5) is 5.69 Å². The van der Waals surface area contributed by atoms with Crippen molar-refractivity contribution in [2.24, 2.45) is 0 Å². The molecule has 1 atom stereocenters. The molecular formula is C15H20N6O2. The fraction of sp³-hybridized carbons (Fsp3) is 0.467. The van der Waals surface area contributed by atoms with Crippen molar-refractivity contribution in [1.82, 2.24) is 24.2 Å². The van der Waals surface area contributed by atoms with Crippen LogP contribution >= 0.6 is 0 Å². The molecule has 0 aromatic carbocycles. The molecular weight excluding hydrogens is 296 g/mol. The minimum absolute atomic E-state index is 0.0285. The van der Waals surface area contributed by atoms with Gasteiger partial charge in [0, 0.05) is 38.2 Å². The van der Waals surface area contributed by atoms with E-state index < -0.39 is 11.8 Å². The van der Waals surface area contributed by atoms with E-state index in [-0.39, 0.29) is 6.04 Å². The third kappa shape index (κ3) is 3.41. The number of hydrogen-bond donors (Lipinski definition) is 1. The Morgan fingerprint density at radius 2 is 2.30 bits per heavy atom. The second kappa shape index (κ2) is 6.64. The third-order valence-electron chi connectivity index (χ3n) is 4.03. The summed E-state index contributed by atoms with van der Waals surface area (Å²) >= 11 is 0. The van der Waals surface area contributed by atoms with Crippen LogP contribution in [-0.2, 0) is 22.7 Å².